The lowest BCUT2D eigenvalue weighted by Crippen LogP contribution is -2.47. The molecule has 108 valence electrons. The highest BCUT2D eigenvalue weighted by Gasteiger charge is 2.20. The number of benzene rings is 1. The average Bonchev–Trinajstić information content (AvgIpc) is 2.36. The molecule has 3 heteroatoms. The van der Waals surface area contributed by atoms with Crippen LogP contribution in [-0.2, 0) is 0 Å². The van der Waals surface area contributed by atoms with Gasteiger partial charge in [0, 0.05) is 37.9 Å². The van der Waals surface area contributed by atoms with E-state index in [0.717, 1.165) is 6.54 Å². The quantitative estimate of drug-likeness (QED) is 0.851. The number of nitrogens with zero attached hydrogens (tertiary/aromatic N) is 2. The van der Waals surface area contributed by atoms with E-state index in [2.05, 4.69) is 88.3 Å². The Balaban J connectivity index is 2.61. The Morgan fingerprint density at radius 1 is 1.05 bits per heavy atom. The Kier molecular flexibility index (Phi) is 5.39. The summed E-state index contributed by atoms with van der Waals surface area (Å²) in [6.07, 6.45) is 0. The van der Waals surface area contributed by atoms with Crippen molar-refractivity contribution in [3.8, 4) is 0 Å². The first kappa shape index (κ1) is 16.0. The lowest BCUT2D eigenvalue weighted by Gasteiger charge is -2.34. The molecule has 0 aliphatic carbocycles. The molecular formula is C16H29N3. The summed E-state index contributed by atoms with van der Waals surface area (Å²) in [6, 6.07) is 9.12. The molecule has 0 fully saturated rings. The van der Waals surface area contributed by atoms with Crippen LogP contribution in [0.1, 0.15) is 32.4 Å². The van der Waals surface area contributed by atoms with E-state index in [-0.39, 0.29) is 5.54 Å². The van der Waals surface area contributed by atoms with Gasteiger partial charge in [-0.25, -0.2) is 0 Å². The summed E-state index contributed by atoms with van der Waals surface area (Å²) in [5, 5.41) is 3.61. The van der Waals surface area contributed by atoms with E-state index in [1.165, 1.54) is 11.3 Å². The lowest BCUT2D eigenvalue weighted by atomic mass is 10.0. The average molecular weight is 263 g/mol. The number of anilines is 1. The zero-order valence-corrected chi connectivity index (χ0v) is 13.5. The molecule has 1 atom stereocenters. The molecular weight excluding hydrogens is 234 g/mol. The SMILES string of the molecule is CC(NCC(C)(C)N(C)C)c1ccc(N(C)C)cc1. The first-order chi connectivity index (χ1) is 8.74. The van der Waals surface area contributed by atoms with Gasteiger partial charge in [-0.2, -0.15) is 0 Å². The molecule has 0 heterocycles. The van der Waals surface area contributed by atoms with Crippen LogP contribution in [0.5, 0.6) is 0 Å². The lowest BCUT2D eigenvalue weighted by molar-refractivity contribution is 0.185. The summed E-state index contributed by atoms with van der Waals surface area (Å²) >= 11 is 0. The van der Waals surface area contributed by atoms with Gasteiger partial charge >= 0.3 is 0 Å². The minimum Gasteiger partial charge on any atom is -0.378 e. The van der Waals surface area contributed by atoms with Crippen LogP contribution in [0.3, 0.4) is 0 Å². The molecule has 0 aliphatic rings. The molecule has 1 aromatic rings. The van der Waals surface area contributed by atoms with Crippen LogP contribution in [0.25, 0.3) is 0 Å². The van der Waals surface area contributed by atoms with Gasteiger partial charge < -0.3 is 15.1 Å². The maximum absolute atomic E-state index is 3.61. The van der Waals surface area contributed by atoms with E-state index in [9.17, 15) is 0 Å². The van der Waals surface area contributed by atoms with Crippen molar-refractivity contribution < 1.29 is 0 Å². The van der Waals surface area contributed by atoms with Crippen molar-refractivity contribution in [1.82, 2.24) is 10.2 Å². The van der Waals surface area contributed by atoms with Crippen LogP contribution in [-0.4, -0.2) is 45.2 Å². The summed E-state index contributed by atoms with van der Waals surface area (Å²) in [5.74, 6) is 0. The summed E-state index contributed by atoms with van der Waals surface area (Å²) in [4.78, 5) is 4.37. The standard InChI is InChI=1S/C16H29N3/c1-13(17-12-16(2,3)19(6)7)14-8-10-15(11-9-14)18(4)5/h8-11,13,17H,12H2,1-7H3. The Labute approximate surface area is 118 Å². The van der Waals surface area contributed by atoms with Gasteiger partial charge in [0.05, 0.1) is 0 Å². The van der Waals surface area contributed by atoms with Crippen molar-refractivity contribution >= 4 is 5.69 Å². The van der Waals surface area contributed by atoms with Crippen LogP contribution in [0.4, 0.5) is 5.69 Å². The molecule has 1 N–H and O–H groups in total. The second kappa shape index (κ2) is 6.40. The van der Waals surface area contributed by atoms with Gasteiger partial charge in [-0.3, -0.25) is 0 Å². The second-order valence-corrected chi connectivity index (χ2v) is 6.30. The molecule has 1 unspecified atom stereocenters. The molecule has 1 rings (SSSR count). The third kappa shape index (κ3) is 4.51. The molecule has 0 saturated carbocycles. The fraction of sp³-hybridized carbons (Fsp3) is 0.625. The van der Waals surface area contributed by atoms with Crippen molar-refractivity contribution in [2.24, 2.45) is 0 Å². The molecule has 0 bridgehead atoms. The Bertz CT molecular complexity index is 379. The van der Waals surface area contributed by atoms with E-state index < -0.39 is 0 Å². The van der Waals surface area contributed by atoms with Crippen LogP contribution in [0, 0.1) is 0 Å². The predicted octanol–water partition coefficient (Wildman–Crippen LogP) is 2.74. The van der Waals surface area contributed by atoms with Crippen molar-refractivity contribution in [1.29, 1.82) is 0 Å². The molecule has 0 aromatic heterocycles. The molecule has 0 saturated heterocycles. The summed E-state index contributed by atoms with van der Waals surface area (Å²) in [5.41, 5.74) is 2.74. The zero-order chi connectivity index (χ0) is 14.6. The topological polar surface area (TPSA) is 18.5 Å². The summed E-state index contributed by atoms with van der Waals surface area (Å²) in [7, 11) is 8.38. The van der Waals surface area contributed by atoms with Gasteiger partial charge in [0.2, 0.25) is 0 Å². The van der Waals surface area contributed by atoms with E-state index in [1.54, 1.807) is 0 Å². The molecule has 1 aromatic carbocycles. The maximum atomic E-state index is 3.61. The Morgan fingerprint density at radius 2 is 1.58 bits per heavy atom. The molecule has 3 nitrogen and oxygen atoms in total. The van der Waals surface area contributed by atoms with Crippen molar-refractivity contribution in [3.05, 3.63) is 29.8 Å². The van der Waals surface area contributed by atoms with Gasteiger partial charge in [-0.15, -0.1) is 0 Å². The van der Waals surface area contributed by atoms with Crippen molar-refractivity contribution in [2.45, 2.75) is 32.4 Å². The van der Waals surface area contributed by atoms with E-state index in [1.807, 2.05) is 0 Å². The monoisotopic (exact) mass is 263 g/mol. The minimum absolute atomic E-state index is 0.165. The van der Waals surface area contributed by atoms with E-state index >= 15 is 0 Å². The highest BCUT2D eigenvalue weighted by molar-refractivity contribution is 5.46. The van der Waals surface area contributed by atoms with Crippen LogP contribution in [0.15, 0.2) is 24.3 Å². The maximum Gasteiger partial charge on any atom is 0.0361 e. The summed E-state index contributed by atoms with van der Waals surface area (Å²) < 4.78 is 0. The largest absolute Gasteiger partial charge is 0.378 e. The second-order valence-electron chi connectivity index (χ2n) is 6.30. The number of likely N-dealkylation sites (N-methyl/N-ethyl adjacent to an activating group) is 1. The predicted molar refractivity (Wildman–Crippen MR) is 85.0 cm³/mol. The smallest absolute Gasteiger partial charge is 0.0361 e. The minimum atomic E-state index is 0.165. The third-order valence-corrected chi connectivity index (χ3v) is 3.96. The molecule has 0 aliphatic heterocycles. The van der Waals surface area contributed by atoms with Gasteiger partial charge in [0.1, 0.15) is 0 Å². The highest BCUT2D eigenvalue weighted by Crippen LogP contribution is 2.18. The fourth-order valence-corrected chi connectivity index (χ4v) is 1.74. The number of hydrogen-bond donors (Lipinski definition) is 1. The van der Waals surface area contributed by atoms with Gasteiger partial charge in [-0.1, -0.05) is 12.1 Å². The number of hydrogen-bond acceptors (Lipinski definition) is 3. The van der Waals surface area contributed by atoms with Crippen molar-refractivity contribution in [3.63, 3.8) is 0 Å². The van der Waals surface area contributed by atoms with Crippen molar-refractivity contribution in [2.75, 3.05) is 39.6 Å². The van der Waals surface area contributed by atoms with Crippen LogP contribution < -0.4 is 10.2 Å². The van der Waals surface area contributed by atoms with E-state index in [4.69, 9.17) is 0 Å². The third-order valence-electron chi connectivity index (χ3n) is 3.96. The molecule has 0 spiro atoms. The first-order valence-electron chi connectivity index (χ1n) is 6.92. The summed E-state index contributed by atoms with van der Waals surface area (Å²) in [6.45, 7) is 7.69. The van der Waals surface area contributed by atoms with Crippen LogP contribution in [0.2, 0.25) is 0 Å². The van der Waals surface area contributed by atoms with Crippen LogP contribution >= 0.6 is 0 Å². The van der Waals surface area contributed by atoms with Gasteiger partial charge in [0.25, 0.3) is 0 Å². The number of rotatable bonds is 6. The number of nitrogens with one attached hydrogen (secondary N) is 1. The molecule has 19 heavy (non-hydrogen) atoms. The van der Waals surface area contributed by atoms with E-state index in [0.29, 0.717) is 6.04 Å². The van der Waals surface area contributed by atoms with Gasteiger partial charge in [0.15, 0.2) is 0 Å². The molecule has 0 amide bonds. The first-order valence-corrected chi connectivity index (χ1v) is 6.92. The van der Waals surface area contributed by atoms with Gasteiger partial charge in [-0.05, 0) is 52.6 Å². The zero-order valence-electron chi connectivity index (χ0n) is 13.5. The Morgan fingerprint density at radius 3 is 2.00 bits per heavy atom. The highest BCUT2D eigenvalue weighted by atomic mass is 15.2. The Hall–Kier alpha value is -1.06. The molecule has 0 radical (unpaired) electrons. The normalized spacial score (nSPS) is 13.7. The fourth-order valence-electron chi connectivity index (χ4n) is 1.74.